The van der Waals surface area contributed by atoms with E-state index in [1.807, 2.05) is 38.1 Å². The van der Waals surface area contributed by atoms with Gasteiger partial charge < -0.3 is 14.5 Å². The third-order valence-electron chi connectivity index (χ3n) is 5.83. The molecule has 0 radical (unpaired) electrons. The molecule has 0 aromatic heterocycles. The first kappa shape index (κ1) is 23.1. The highest BCUT2D eigenvalue weighted by Crippen LogP contribution is 2.21. The lowest BCUT2D eigenvalue weighted by Gasteiger charge is -2.25. The zero-order valence-electron chi connectivity index (χ0n) is 18.7. The molecule has 31 heavy (non-hydrogen) atoms. The molecule has 1 saturated heterocycles. The monoisotopic (exact) mass is 445 g/mol. The van der Waals surface area contributed by atoms with Crippen LogP contribution in [0.15, 0.2) is 47.4 Å². The number of nitrogens with zero attached hydrogens (tertiary/aromatic N) is 3. The van der Waals surface area contributed by atoms with Gasteiger partial charge in [0.25, 0.3) is 0 Å². The Bertz CT molecular complexity index is 1020. The summed E-state index contributed by atoms with van der Waals surface area (Å²) < 4.78 is 32.2. The van der Waals surface area contributed by atoms with Crippen molar-refractivity contribution in [3.8, 4) is 5.75 Å². The Kier molecular flexibility index (Phi) is 7.23. The van der Waals surface area contributed by atoms with E-state index >= 15 is 0 Å². The Morgan fingerprint density at radius 3 is 2.35 bits per heavy atom. The first-order valence-corrected chi connectivity index (χ1v) is 11.9. The normalized spacial score (nSPS) is 15.1. The molecular formula is C23H31N3O4S. The Morgan fingerprint density at radius 1 is 1.00 bits per heavy atom. The minimum absolute atomic E-state index is 0.169. The fourth-order valence-electron chi connectivity index (χ4n) is 3.65. The van der Waals surface area contributed by atoms with Gasteiger partial charge in [-0.25, -0.2) is 8.42 Å². The lowest BCUT2D eigenvalue weighted by molar-refractivity contribution is -0.131. The van der Waals surface area contributed by atoms with Crippen LogP contribution in [0.5, 0.6) is 5.75 Å². The SMILES string of the molecule is COc1ccc(N2CCCN(C(=O)CN(C)S(=O)(=O)c3ccc(C)c(C)c3)CC2)cc1. The number of aryl methyl sites for hydroxylation is 2. The lowest BCUT2D eigenvalue weighted by atomic mass is 10.1. The molecule has 8 heteroatoms. The van der Waals surface area contributed by atoms with Gasteiger partial charge in [-0.1, -0.05) is 6.07 Å². The molecule has 168 valence electrons. The number of benzene rings is 2. The maximum Gasteiger partial charge on any atom is 0.243 e. The summed E-state index contributed by atoms with van der Waals surface area (Å²) in [7, 11) is -0.615. The molecular weight excluding hydrogens is 414 g/mol. The predicted octanol–water partition coefficient (Wildman–Crippen LogP) is 2.67. The van der Waals surface area contributed by atoms with Crippen molar-refractivity contribution < 1.29 is 17.9 Å². The molecule has 1 fully saturated rings. The van der Waals surface area contributed by atoms with E-state index in [2.05, 4.69) is 4.90 Å². The average Bonchev–Trinajstić information content (AvgIpc) is 3.02. The number of hydrogen-bond donors (Lipinski definition) is 0. The highest BCUT2D eigenvalue weighted by Gasteiger charge is 2.26. The maximum atomic E-state index is 12.9. The molecule has 0 atom stereocenters. The second-order valence-electron chi connectivity index (χ2n) is 7.93. The van der Waals surface area contributed by atoms with Crippen molar-refractivity contribution in [2.24, 2.45) is 0 Å². The number of sulfonamides is 1. The lowest BCUT2D eigenvalue weighted by Crippen LogP contribution is -2.42. The molecule has 0 aliphatic carbocycles. The highest BCUT2D eigenvalue weighted by atomic mass is 32.2. The topological polar surface area (TPSA) is 70.2 Å². The van der Waals surface area contributed by atoms with Crippen LogP contribution in [0.2, 0.25) is 0 Å². The Hall–Kier alpha value is -2.58. The summed E-state index contributed by atoms with van der Waals surface area (Å²) in [6.07, 6.45) is 0.825. The predicted molar refractivity (Wildman–Crippen MR) is 122 cm³/mol. The molecule has 0 unspecified atom stereocenters. The number of carbonyl (C=O) groups is 1. The van der Waals surface area contributed by atoms with Gasteiger partial charge in [0.2, 0.25) is 15.9 Å². The molecule has 0 N–H and O–H groups in total. The molecule has 7 nitrogen and oxygen atoms in total. The van der Waals surface area contributed by atoms with E-state index < -0.39 is 10.0 Å². The number of likely N-dealkylation sites (N-methyl/N-ethyl adjacent to an activating group) is 1. The van der Waals surface area contributed by atoms with E-state index in [0.29, 0.717) is 19.6 Å². The average molecular weight is 446 g/mol. The Labute approximate surface area is 185 Å². The molecule has 1 aliphatic heterocycles. The second kappa shape index (κ2) is 9.70. The third kappa shape index (κ3) is 5.37. The zero-order valence-corrected chi connectivity index (χ0v) is 19.5. The number of carbonyl (C=O) groups excluding carboxylic acids is 1. The quantitative estimate of drug-likeness (QED) is 0.684. The Morgan fingerprint density at radius 2 is 1.71 bits per heavy atom. The van der Waals surface area contributed by atoms with Gasteiger partial charge in [-0.15, -0.1) is 0 Å². The van der Waals surface area contributed by atoms with Gasteiger partial charge in [-0.05, 0) is 67.8 Å². The number of anilines is 1. The standard InChI is InChI=1S/C23H31N3O4S/c1-18-6-11-22(16-19(18)2)31(28,29)24(3)17-23(27)26-13-5-12-25(14-15-26)20-7-9-21(30-4)10-8-20/h6-11,16H,5,12-15,17H2,1-4H3. The van der Waals surface area contributed by atoms with Crippen LogP contribution in [0.25, 0.3) is 0 Å². The maximum absolute atomic E-state index is 12.9. The van der Waals surface area contributed by atoms with Crippen molar-refractivity contribution in [1.29, 1.82) is 0 Å². The van der Waals surface area contributed by atoms with E-state index in [4.69, 9.17) is 4.74 Å². The molecule has 1 heterocycles. The molecule has 3 rings (SSSR count). The van der Waals surface area contributed by atoms with E-state index in [9.17, 15) is 13.2 Å². The van der Waals surface area contributed by atoms with Gasteiger partial charge in [0.1, 0.15) is 5.75 Å². The van der Waals surface area contributed by atoms with E-state index in [-0.39, 0.29) is 17.3 Å². The molecule has 0 spiro atoms. The van der Waals surface area contributed by atoms with Crippen LogP contribution in [0.4, 0.5) is 5.69 Å². The molecule has 2 aromatic rings. The van der Waals surface area contributed by atoms with Crippen LogP contribution in [0.3, 0.4) is 0 Å². The molecule has 0 bridgehead atoms. The zero-order chi connectivity index (χ0) is 22.6. The summed E-state index contributed by atoms with van der Waals surface area (Å²) >= 11 is 0. The van der Waals surface area contributed by atoms with E-state index in [0.717, 1.165) is 39.8 Å². The van der Waals surface area contributed by atoms with Gasteiger partial charge >= 0.3 is 0 Å². The number of amides is 1. The van der Waals surface area contributed by atoms with Crippen LogP contribution in [-0.4, -0.2) is 70.4 Å². The largest absolute Gasteiger partial charge is 0.497 e. The van der Waals surface area contributed by atoms with Gasteiger partial charge in [0.05, 0.1) is 18.6 Å². The van der Waals surface area contributed by atoms with Crippen molar-refractivity contribution in [3.05, 3.63) is 53.6 Å². The number of hydrogen-bond acceptors (Lipinski definition) is 5. The number of ether oxygens (including phenoxy) is 1. The molecule has 0 saturated carbocycles. The highest BCUT2D eigenvalue weighted by molar-refractivity contribution is 7.89. The number of rotatable bonds is 6. The van der Waals surface area contributed by atoms with Crippen LogP contribution in [0.1, 0.15) is 17.5 Å². The summed E-state index contributed by atoms with van der Waals surface area (Å²) in [6, 6.07) is 12.9. The van der Waals surface area contributed by atoms with E-state index in [1.54, 1.807) is 30.2 Å². The molecule has 1 amide bonds. The van der Waals surface area contributed by atoms with Crippen LogP contribution in [-0.2, 0) is 14.8 Å². The number of methoxy groups -OCH3 is 1. The molecule has 2 aromatic carbocycles. The Balaban J connectivity index is 1.62. The first-order valence-electron chi connectivity index (χ1n) is 10.4. The third-order valence-corrected chi connectivity index (χ3v) is 7.63. The van der Waals surface area contributed by atoms with Gasteiger partial charge in [-0.3, -0.25) is 4.79 Å². The fraction of sp³-hybridized carbons (Fsp3) is 0.435. The van der Waals surface area contributed by atoms with Crippen molar-refractivity contribution in [3.63, 3.8) is 0 Å². The smallest absolute Gasteiger partial charge is 0.243 e. The van der Waals surface area contributed by atoms with Crippen molar-refractivity contribution in [2.45, 2.75) is 25.2 Å². The summed E-state index contributed by atoms with van der Waals surface area (Å²) in [6.45, 7) is 6.36. The summed E-state index contributed by atoms with van der Waals surface area (Å²) in [4.78, 5) is 17.1. The summed E-state index contributed by atoms with van der Waals surface area (Å²) in [5.74, 6) is 0.634. The van der Waals surface area contributed by atoms with Gasteiger partial charge in [-0.2, -0.15) is 4.31 Å². The van der Waals surface area contributed by atoms with Crippen LogP contribution < -0.4 is 9.64 Å². The van der Waals surface area contributed by atoms with Crippen molar-refractivity contribution in [1.82, 2.24) is 9.21 Å². The van der Waals surface area contributed by atoms with E-state index in [1.165, 1.54) is 7.05 Å². The minimum atomic E-state index is -3.72. The van der Waals surface area contributed by atoms with Crippen molar-refractivity contribution >= 4 is 21.6 Å². The van der Waals surface area contributed by atoms with Gasteiger partial charge in [0.15, 0.2) is 0 Å². The molecule has 1 aliphatic rings. The summed E-state index contributed by atoms with van der Waals surface area (Å²) in [5, 5.41) is 0. The minimum Gasteiger partial charge on any atom is -0.497 e. The first-order chi connectivity index (χ1) is 14.7. The van der Waals surface area contributed by atoms with Crippen molar-refractivity contribution in [2.75, 3.05) is 51.8 Å². The second-order valence-corrected chi connectivity index (χ2v) is 9.97. The van der Waals surface area contributed by atoms with Crippen LogP contribution in [0, 0.1) is 13.8 Å². The summed E-state index contributed by atoms with van der Waals surface area (Å²) in [5.41, 5.74) is 3.03. The van der Waals surface area contributed by atoms with Gasteiger partial charge in [0, 0.05) is 38.9 Å². The fourth-order valence-corrected chi connectivity index (χ4v) is 4.85. The van der Waals surface area contributed by atoms with Crippen LogP contribution >= 0.6 is 0 Å².